The number of hydrogen-bond acceptors (Lipinski definition) is 9. The van der Waals surface area contributed by atoms with E-state index < -0.39 is 11.9 Å². The minimum absolute atomic E-state index is 0.0908. The highest BCUT2D eigenvalue weighted by Crippen LogP contribution is 2.42. The van der Waals surface area contributed by atoms with E-state index in [1.807, 2.05) is 11.0 Å². The zero-order chi connectivity index (χ0) is 30.7. The lowest BCUT2D eigenvalue weighted by Gasteiger charge is -2.37. The normalized spacial score (nSPS) is 25.8. The number of aromatic nitrogens is 5. The molecule has 45 heavy (non-hydrogen) atoms. The monoisotopic (exact) mass is 633 g/mol. The van der Waals surface area contributed by atoms with E-state index in [2.05, 4.69) is 21.7 Å². The van der Waals surface area contributed by atoms with Crippen molar-refractivity contribution >= 4 is 39.2 Å². The molecule has 2 N–H and O–H groups in total. The summed E-state index contributed by atoms with van der Waals surface area (Å²) in [6.45, 7) is 8.59. The van der Waals surface area contributed by atoms with Gasteiger partial charge in [-0.25, -0.2) is 4.39 Å². The SMILES string of the molecule is C=C1CN2CCC[C@@]2(COc2nc3c4cnc(c(F)c4n2)-c2c(c(Cl)cc4[nH]ncc24)CCCCOC[C@@H]2C[C@H](O)CN3C2)C1. The minimum Gasteiger partial charge on any atom is -0.461 e. The van der Waals surface area contributed by atoms with Crippen molar-refractivity contribution < 1.29 is 19.0 Å². The van der Waals surface area contributed by atoms with Gasteiger partial charge >= 0.3 is 6.01 Å². The predicted molar refractivity (Wildman–Crippen MR) is 170 cm³/mol. The van der Waals surface area contributed by atoms with Crippen LogP contribution in [0, 0.1) is 11.7 Å². The number of nitrogens with zero attached hydrogens (tertiary/aromatic N) is 6. The predicted octanol–water partition coefficient (Wildman–Crippen LogP) is 5.07. The van der Waals surface area contributed by atoms with Gasteiger partial charge in [0, 0.05) is 54.3 Å². The summed E-state index contributed by atoms with van der Waals surface area (Å²) in [5.74, 6) is 0.0275. The van der Waals surface area contributed by atoms with Crippen molar-refractivity contribution in [2.45, 2.75) is 56.6 Å². The zero-order valence-electron chi connectivity index (χ0n) is 25.2. The molecule has 12 heteroatoms. The number of fused-ring (bicyclic) bond motifs is 8. The first-order chi connectivity index (χ1) is 21.9. The maximum Gasteiger partial charge on any atom is 0.319 e. The highest BCUT2D eigenvalue weighted by molar-refractivity contribution is 6.33. The van der Waals surface area contributed by atoms with Gasteiger partial charge in [-0.2, -0.15) is 15.1 Å². The van der Waals surface area contributed by atoms with Gasteiger partial charge in [0.1, 0.15) is 23.6 Å². The van der Waals surface area contributed by atoms with E-state index in [1.54, 1.807) is 12.4 Å². The lowest BCUT2D eigenvalue weighted by atomic mass is 9.94. The topological polar surface area (TPSA) is 113 Å². The summed E-state index contributed by atoms with van der Waals surface area (Å²) in [5.41, 5.74) is 3.48. The highest BCUT2D eigenvalue weighted by Gasteiger charge is 2.46. The molecule has 0 aliphatic carbocycles. The Labute approximate surface area is 265 Å². The van der Waals surface area contributed by atoms with Gasteiger partial charge in [-0.1, -0.05) is 23.8 Å². The Morgan fingerprint density at radius 3 is 3.02 bits per heavy atom. The Morgan fingerprint density at radius 2 is 2.11 bits per heavy atom. The van der Waals surface area contributed by atoms with Gasteiger partial charge in [0.05, 0.1) is 35.3 Å². The first-order valence-corrected chi connectivity index (χ1v) is 16.3. The Bertz CT molecular complexity index is 1800. The zero-order valence-corrected chi connectivity index (χ0v) is 26.0. The number of benzene rings is 1. The standard InChI is InChI=1S/C33H37ClFN7O3/c1-19-11-33(6-4-7-42(33)14-19)18-45-32-38-29-24-12-36-30(28(29)35)27-22(25(34)10-26-23(27)13-37-40-26)5-2-3-8-44-17-20-9-21(43)16-41(15-20)31(24)39-32/h10,12-13,20-21,43H,1-9,11,14-18H2,(H,37,40)/t20-,21+,33+/m1/s1. The van der Waals surface area contributed by atoms with Gasteiger partial charge in [-0.3, -0.25) is 15.0 Å². The molecule has 0 saturated carbocycles. The number of piperidine rings is 1. The number of aliphatic hydroxyl groups excluding tert-OH is 1. The van der Waals surface area contributed by atoms with Crippen molar-refractivity contribution in [3.63, 3.8) is 0 Å². The summed E-state index contributed by atoms with van der Waals surface area (Å²) in [4.78, 5) is 18.7. The van der Waals surface area contributed by atoms with Gasteiger partial charge in [0.15, 0.2) is 5.82 Å². The molecular weight excluding hydrogens is 597 g/mol. The quantitative estimate of drug-likeness (QED) is 0.299. The van der Waals surface area contributed by atoms with Crippen LogP contribution in [0.1, 0.15) is 44.1 Å². The van der Waals surface area contributed by atoms with Crippen LogP contribution in [0.4, 0.5) is 10.2 Å². The second-order valence-corrected chi connectivity index (χ2v) is 13.6. The van der Waals surface area contributed by atoms with E-state index in [4.69, 9.17) is 36.0 Å². The molecule has 1 aromatic carbocycles. The Balaban J connectivity index is 1.29. The van der Waals surface area contributed by atoms with Crippen molar-refractivity contribution in [1.29, 1.82) is 0 Å². The average Bonchev–Trinajstić information content (AvgIpc) is 3.71. The first-order valence-electron chi connectivity index (χ1n) is 15.9. The van der Waals surface area contributed by atoms with Crippen LogP contribution < -0.4 is 9.64 Å². The average molecular weight is 634 g/mol. The molecule has 0 unspecified atom stereocenters. The maximum atomic E-state index is 17.0. The number of aliphatic hydroxyl groups is 1. The Morgan fingerprint density at radius 1 is 1.20 bits per heavy atom. The van der Waals surface area contributed by atoms with Crippen LogP contribution in [0.3, 0.4) is 0 Å². The number of anilines is 1. The van der Waals surface area contributed by atoms with E-state index >= 15 is 4.39 Å². The molecule has 5 aliphatic heterocycles. The number of hydrogen-bond donors (Lipinski definition) is 2. The molecule has 4 aromatic rings. The molecule has 0 amide bonds. The van der Waals surface area contributed by atoms with E-state index in [9.17, 15) is 5.11 Å². The largest absolute Gasteiger partial charge is 0.461 e. The van der Waals surface area contributed by atoms with E-state index in [1.165, 1.54) is 5.57 Å². The van der Waals surface area contributed by atoms with Gasteiger partial charge in [-0.15, -0.1) is 0 Å². The fourth-order valence-corrected chi connectivity index (χ4v) is 8.29. The molecule has 8 heterocycles. The van der Waals surface area contributed by atoms with E-state index in [0.29, 0.717) is 73.1 Å². The molecule has 5 aliphatic rings. The fourth-order valence-electron chi connectivity index (χ4n) is 7.99. The highest BCUT2D eigenvalue weighted by atomic mass is 35.5. The van der Waals surface area contributed by atoms with E-state index in [-0.39, 0.29) is 28.7 Å². The first kappa shape index (κ1) is 29.1. The van der Waals surface area contributed by atoms with Crippen LogP contribution in [0.15, 0.2) is 30.6 Å². The molecule has 0 spiro atoms. The van der Waals surface area contributed by atoms with Crippen LogP contribution >= 0.6 is 11.6 Å². The number of aromatic amines is 1. The van der Waals surface area contributed by atoms with Crippen molar-refractivity contribution in [3.8, 4) is 17.3 Å². The summed E-state index contributed by atoms with van der Waals surface area (Å²) in [6.07, 6.45) is 8.62. The third-order valence-corrected chi connectivity index (χ3v) is 10.4. The Hall–Kier alpha value is -3.38. The number of H-pyrrole nitrogens is 1. The molecule has 3 aromatic heterocycles. The summed E-state index contributed by atoms with van der Waals surface area (Å²) >= 11 is 6.83. The van der Waals surface area contributed by atoms with Crippen molar-refractivity contribution in [2.24, 2.45) is 5.92 Å². The van der Waals surface area contributed by atoms with Gasteiger partial charge in [0.25, 0.3) is 0 Å². The Kier molecular flexibility index (Phi) is 7.39. The van der Waals surface area contributed by atoms with Crippen LogP contribution in [0.25, 0.3) is 33.1 Å². The second-order valence-electron chi connectivity index (χ2n) is 13.2. The third-order valence-electron chi connectivity index (χ3n) is 10.0. The maximum absolute atomic E-state index is 17.0. The fraction of sp³-hybridized carbons (Fsp3) is 0.515. The van der Waals surface area contributed by atoms with Crippen LogP contribution in [-0.2, 0) is 11.2 Å². The van der Waals surface area contributed by atoms with Gasteiger partial charge < -0.3 is 19.5 Å². The summed E-state index contributed by atoms with van der Waals surface area (Å²) in [7, 11) is 0. The van der Waals surface area contributed by atoms with Gasteiger partial charge in [0.2, 0.25) is 0 Å². The van der Waals surface area contributed by atoms with Crippen LogP contribution in [0.2, 0.25) is 5.02 Å². The summed E-state index contributed by atoms with van der Waals surface area (Å²) < 4.78 is 29.5. The van der Waals surface area contributed by atoms with Crippen molar-refractivity contribution in [3.05, 3.63) is 47.0 Å². The smallest absolute Gasteiger partial charge is 0.319 e. The number of pyridine rings is 1. The van der Waals surface area contributed by atoms with Gasteiger partial charge in [-0.05, 0) is 63.1 Å². The molecule has 6 bridgehead atoms. The molecule has 3 atom stereocenters. The number of rotatable bonds is 3. The minimum atomic E-state index is -0.573. The number of ether oxygens (including phenoxy) is 2. The van der Waals surface area contributed by atoms with Crippen molar-refractivity contribution in [1.82, 2.24) is 30.0 Å². The molecular formula is C33H37ClFN7O3. The summed E-state index contributed by atoms with van der Waals surface area (Å²) in [5, 5.41) is 19.8. The lowest BCUT2D eigenvalue weighted by Crippen LogP contribution is -2.45. The van der Waals surface area contributed by atoms with Crippen LogP contribution in [-0.4, -0.2) is 92.8 Å². The lowest BCUT2D eigenvalue weighted by molar-refractivity contribution is 0.0564. The number of nitrogens with one attached hydrogen (secondary N) is 1. The molecule has 3 fully saturated rings. The van der Waals surface area contributed by atoms with Crippen molar-refractivity contribution in [2.75, 3.05) is 50.9 Å². The number of halogens is 2. The molecule has 10 nitrogen and oxygen atoms in total. The molecule has 236 valence electrons. The van der Waals surface area contributed by atoms with E-state index in [0.717, 1.165) is 56.1 Å². The third kappa shape index (κ3) is 5.14. The summed E-state index contributed by atoms with van der Waals surface area (Å²) in [6, 6.07) is 1.95. The molecule has 9 rings (SSSR count). The second kappa shape index (κ2) is 11.5. The molecule has 3 saturated heterocycles. The van der Waals surface area contributed by atoms with Crippen LogP contribution in [0.5, 0.6) is 6.01 Å². The molecule has 0 radical (unpaired) electrons.